The molecule has 26 heavy (non-hydrogen) atoms. The number of fused-ring (bicyclic) bond motifs is 4. The van der Waals surface area contributed by atoms with Crippen LogP contribution in [0.3, 0.4) is 0 Å². The van der Waals surface area contributed by atoms with E-state index < -0.39 is 0 Å². The summed E-state index contributed by atoms with van der Waals surface area (Å²) >= 11 is 5.99. The van der Waals surface area contributed by atoms with Crippen LogP contribution in [0.1, 0.15) is 39.6 Å². The molecule has 0 bridgehead atoms. The van der Waals surface area contributed by atoms with Gasteiger partial charge in [0.2, 0.25) is 5.78 Å². The maximum atomic E-state index is 13.0. The fraction of sp³-hybridized carbons (Fsp3) is 0.190. The van der Waals surface area contributed by atoms with Gasteiger partial charge in [-0.1, -0.05) is 35.9 Å². The zero-order valence-electron chi connectivity index (χ0n) is 14.2. The summed E-state index contributed by atoms with van der Waals surface area (Å²) in [5.41, 5.74) is 5.54. The maximum Gasteiger partial charge on any atom is 0.235 e. The highest BCUT2D eigenvalue weighted by Crippen LogP contribution is 2.34. The Labute approximate surface area is 155 Å². The lowest BCUT2D eigenvalue weighted by Crippen LogP contribution is -2.23. The number of hydrogen-bond donors (Lipinski definition) is 0. The average Bonchev–Trinajstić information content (AvgIpc) is 3.00. The quantitative estimate of drug-likeness (QED) is 0.491. The zero-order valence-corrected chi connectivity index (χ0v) is 15.0. The molecule has 0 saturated heterocycles. The molecule has 0 saturated carbocycles. The fourth-order valence-corrected chi connectivity index (χ4v) is 4.15. The van der Waals surface area contributed by atoms with E-state index in [2.05, 4.69) is 4.98 Å². The predicted molar refractivity (Wildman–Crippen MR) is 102 cm³/mol. The summed E-state index contributed by atoms with van der Waals surface area (Å²) in [6.07, 6.45) is 1.23. The van der Waals surface area contributed by atoms with Crippen molar-refractivity contribution < 1.29 is 4.79 Å². The van der Waals surface area contributed by atoms with Gasteiger partial charge in [-0.3, -0.25) is 9.20 Å². The Morgan fingerprint density at radius 3 is 2.62 bits per heavy atom. The number of halogens is 1. The Hall–Kier alpha value is -2.72. The molecule has 2 heterocycles. The summed E-state index contributed by atoms with van der Waals surface area (Å²) in [4.78, 5) is 22.4. The molecule has 0 amide bonds. The van der Waals surface area contributed by atoms with Crippen LogP contribution in [0, 0.1) is 6.92 Å². The summed E-state index contributed by atoms with van der Waals surface area (Å²) in [6.45, 7) is 1.99. The molecule has 4 aromatic rings. The molecule has 2 aromatic carbocycles. The van der Waals surface area contributed by atoms with Crippen LogP contribution in [0.15, 0.2) is 48.5 Å². The van der Waals surface area contributed by atoms with Crippen LogP contribution in [0.25, 0.3) is 16.8 Å². The molecule has 5 rings (SSSR count). The SMILES string of the molecule is Cc1c2c(nc3nc4ccccc4n13)CC(c1ccc(Cl)cc1)CC2=O. The number of imidazole rings is 1. The number of para-hydroxylation sites is 2. The van der Waals surface area contributed by atoms with Gasteiger partial charge >= 0.3 is 0 Å². The molecule has 0 radical (unpaired) electrons. The van der Waals surface area contributed by atoms with Gasteiger partial charge in [0.15, 0.2) is 5.78 Å². The Bertz CT molecular complexity index is 1180. The fourth-order valence-electron chi connectivity index (χ4n) is 4.03. The summed E-state index contributed by atoms with van der Waals surface area (Å²) in [5.74, 6) is 0.939. The first kappa shape index (κ1) is 15.5. The molecule has 2 aromatic heterocycles. The summed E-state index contributed by atoms with van der Waals surface area (Å²) < 4.78 is 1.99. The second-order valence-electron chi connectivity index (χ2n) is 6.83. The second kappa shape index (κ2) is 5.64. The maximum absolute atomic E-state index is 13.0. The van der Waals surface area contributed by atoms with E-state index in [0.29, 0.717) is 17.2 Å². The van der Waals surface area contributed by atoms with Crippen molar-refractivity contribution in [3.63, 3.8) is 0 Å². The Morgan fingerprint density at radius 2 is 1.81 bits per heavy atom. The van der Waals surface area contributed by atoms with Gasteiger partial charge in [-0.15, -0.1) is 0 Å². The Kier molecular flexibility index (Phi) is 3.37. The van der Waals surface area contributed by atoms with E-state index in [0.717, 1.165) is 40.0 Å². The van der Waals surface area contributed by atoms with E-state index in [9.17, 15) is 4.79 Å². The lowest BCUT2D eigenvalue weighted by atomic mass is 9.81. The normalized spacial score (nSPS) is 17.0. The highest BCUT2D eigenvalue weighted by molar-refractivity contribution is 6.30. The summed E-state index contributed by atoms with van der Waals surface area (Å²) in [5, 5.41) is 0.705. The second-order valence-corrected chi connectivity index (χ2v) is 7.27. The first-order valence-electron chi connectivity index (χ1n) is 8.67. The lowest BCUT2D eigenvalue weighted by molar-refractivity contribution is 0.0962. The monoisotopic (exact) mass is 361 g/mol. The first-order chi connectivity index (χ1) is 12.6. The number of carbonyl (C=O) groups is 1. The van der Waals surface area contributed by atoms with Crippen LogP contribution in [0.2, 0.25) is 5.02 Å². The smallest absolute Gasteiger partial charge is 0.235 e. The van der Waals surface area contributed by atoms with Crippen molar-refractivity contribution in [2.45, 2.75) is 25.7 Å². The first-order valence-corrected chi connectivity index (χ1v) is 9.05. The van der Waals surface area contributed by atoms with Gasteiger partial charge < -0.3 is 0 Å². The summed E-state index contributed by atoms with van der Waals surface area (Å²) in [6, 6.07) is 15.7. The molecule has 4 nitrogen and oxygen atoms in total. The van der Waals surface area contributed by atoms with Crippen molar-refractivity contribution in [2.75, 3.05) is 0 Å². The van der Waals surface area contributed by atoms with Crippen LogP contribution in [0.5, 0.6) is 0 Å². The molecule has 5 heteroatoms. The van der Waals surface area contributed by atoms with Crippen molar-refractivity contribution in [1.82, 2.24) is 14.4 Å². The number of ketones is 1. The molecule has 0 spiro atoms. The number of Topliss-reactive ketones (excluding diaryl/α,β-unsaturated/α-hetero) is 1. The third kappa shape index (κ3) is 2.26. The van der Waals surface area contributed by atoms with E-state index in [1.807, 2.05) is 59.9 Å². The molecular formula is C21H16ClN3O. The summed E-state index contributed by atoms with van der Waals surface area (Å²) in [7, 11) is 0. The van der Waals surface area contributed by atoms with E-state index in [1.165, 1.54) is 0 Å². The molecule has 0 N–H and O–H groups in total. The standard InChI is InChI=1S/C21H16ClN3O/c1-12-20-17(24-21-23-16-4-2-3-5-18(16)25(12)21)10-14(11-19(20)26)13-6-8-15(22)9-7-13/h2-9,14H,10-11H2,1H3. The number of hydrogen-bond acceptors (Lipinski definition) is 3. The van der Waals surface area contributed by atoms with Gasteiger partial charge in [-0.05, 0) is 49.1 Å². The van der Waals surface area contributed by atoms with Crippen molar-refractivity contribution in [1.29, 1.82) is 0 Å². The number of aromatic nitrogens is 3. The lowest BCUT2D eigenvalue weighted by Gasteiger charge is -2.25. The van der Waals surface area contributed by atoms with E-state index >= 15 is 0 Å². The Morgan fingerprint density at radius 1 is 1.04 bits per heavy atom. The highest BCUT2D eigenvalue weighted by Gasteiger charge is 2.30. The van der Waals surface area contributed by atoms with Gasteiger partial charge in [0.25, 0.3) is 0 Å². The minimum atomic E-state index is 0.131. The van der Waals surface area contributed by atoms with Gasteiger partial charge in [0.1, 0.15) is 0 Å². The molecular weight excluding hydrogens is 346 g/mol. The molecule has 0 aliphatic heterocycles. The van der Waals surface area contributed by atoms with Gasteiger partial charge in [0.05, 0.1) is 22.3 Å². The third-order valence-corrected chi connectivity index (χ3v) is 5.51. The highest BCUT2D eigenvalue weighted by atomic mass is 35.5. The van der Waals surface area contributed by atoms with Crippen LogP contribution in [-0.2, 0) is 6.42 Å². The zero-order chi connectivity index (χ0) is 17.8. The van der Waals surface area contributed by atoms with Gasteiger partial charge in [-0.2, -0.15) is 0 Å². The number of aryl methyl sites for hydroxylation is 1. The van der Waals surface area contributed by atoms with E-state index in [4.69, 9.17) is 16.6 Å². The van der Waals surface area contributed by atoms with Crippen molar-refractivity contribution in [2.24, 2.45) is 0 Å². The molecule has 0 fully saturated rings. The number of carbonyl (C=O) groups excluding carboxylic acids is 1. The molecule has 128 valence electrons. The molecule has 1 unspecified atom stereocenters. The van der Waals surface area contributed by atoms with Gasteiger partial charge in [-0.25, -0.2) is 9.97 Å². The number of rotatable bonds is 1. The van der Waals surface area contributed by atoms with Crippen molar-refractivity contribution in [3.05, 3.63) is 76.1 Å². The largest absolute Gasteiger partial charge is 0.294 e. The molecule has 1 atom stereocenters. The minimum absolute atomic E-state index is 0.131. The van der Waals surface area contributed by atoms with E-state index in [1.54, 1.807) is 0 Å². The Balaban J connectivity index is 1.68. The third-order valence-electron chi connectivity index (χ3n) is 5.26. The van der Waals surface area contributed by atoms with Crippen molar-refractivity contribution in [3.8, 4) is 0 Å². The van der Waals surface area contributed by atoms with Crippen LogP contribution >= 0.6 is 11.6 Å². The minimum Gasteiger partial charge on any atom is -0.294 e. The topological polar surface area (TPSA) is 47.3 Å². The molecule has 1 aliphatic rings. The predicted octanol–water partition coefficient (Wildman–Crippen LogP) is 4.76. The van der Waals surface area contributed by atoms with Gasteiger partial charge in [0, 0.05) is 17.1 Å². The number of benzene rings is 2. The van der Waals surface area contributed by atoms with Crippen LogP contribution in [0.4, 0.5) is 0 Å². The number of nitrogens with zero attached hydrogens (tertiary/aromatic N) is 3. The average molecular weight is 362 g/mol. The van der Waals surface area contributed by atoms with Crippen LogP contribution < -0.4 is 0 Å². The van der Waals surface area contributed by atoms with E-state index in [-0.39, 0.29) is 11.7 Å². The molecule has 1 aliphatic carbocycles. The van der Waals surface area contributed by atoms with Crippen molar-refractivity contribution >= 4 is 34.2 Å². The van der Waals surface area contributed by atoms with Crippen LogP contribution in [-0.4, -0.2) is 20.2 Å².